The first kappa shape index (κ1) is 52.7. The zero-order valence-corrected chi connectivity index (χ0v) is 42.8. The molecule has 0 spiro atoms. The largest absolute Gasteiger partial charge is 0.316 e. The standard InChI is InChI=1S/C16H25N.2C15H29N.C11H23N/c1-16(2,15-8-4-3-5-9-15)11-6-7-14-10-12-17-13-14;2*1-15(2,3)10-6-7-12-11-16-14-9-5-4-8-13(12)14;1-11(2,3)7-4-5-10-6-8-12-9-10/h3-5,8-9,14,17H,6-7,10-13H2,1-2H3;2*12-14,16H,4-11H2,1-3H3;10,12H,4-9H2,1-3H3. The Morgan fingerprint density at radius 1 is 0.443 bits per heavy atom. The van der Waals surface area contributed by atoms with E-state index in [4.69, 9.17) is 0 Å². The number of hydrogen-bond acceptors (Lipinski definition) is 4. The van der Waals surface area contributed by atoms with Crippen LogP contribution in [0.25, 0.3) is 0 Å². The Labute approximate surface area is 381 Å². The molecule has 1 aromatic carbocycles. The van der Waals surface area contributed by atoms with Crippen LogP contribution >= 0.6 is 0 Å². The molecule has 6 aliphatic rings. The Balaban J connectivity index is 0.000000180. The highest BCUT2D eigenvalue weighted by Crippen LogP contribution is 2.39. The van der Waals surface area contributed by atoms with Crippen molar-refractivity contribution in [1.29, 1.82) is 0 Å². The van der Waals surface area contributed by atoms with Gasteiger partial charge in [-0.3, -0.25) is 0 Å². The van der Waals surface area contributed by atoms with Crippen molar-refractivity contribution in [3.8, 4) is 0 Å². The minimum atomic E-state index is 0.327. The van der Waals surface area contributed by atoms with Gasteiger partial charge in [-0.15, -0.1) is 0 Å². The number of benzene rings is 1. The fraction of sp³-hybridized carbons (Fsp3) is 0.895. The summed E-state index contributed by atoms with van der Waals surface area (Å²) >= 11 is 0. The molecule has 6 fully saturated rings. The molecule has 4 saturated heterocycles. The van der Waals surface area contributed by atoms with Gasteiger partial charge < -0.3 is 21.3 Å². The number of hydrogen-bond donors (Lipinski definition) is 4. The van der Waals surface area contributed by atoms with Crippen molar-refractivity contribution in [3.63, 3.8) is 0 Å². The van der Waals surface area contributed by atoms with E-state index >= 15 is 0 Å². The molecule has 0 bridgehead atoms. The molecule has 0 aromatic heterocycles. The van der Waals surface area contributed by atoms with E-state index in [9.17, 15) is 0 Å². The molecule has 2 saturated carbocycles. The van der Waals surface area contributed by atoms with Crippen LogP contribution in [0.4, 0.5) is 0 Å². The summed E-state index contributed by atoms with van der Waals surface area (Å²) in [5.41, 5.74) is 3.39. The SMILES string of the molecule is CC(C)(C)CCCC1CCNC1.CC(C)(C)CCCC1CNC2CCCCC12.CC(C)(C)CCCC1CNC2CCCCC12.CC(C)(CCCC1CCNC1)c1ccccc1. The van der Waals surface area contributed by atoms with E-state index in [2.05, 4.69) is 128 Å². The molecule has 4 N–H and O–H groups in total. The third-order valence-electron chi connectivity index (χ3n) is 16.0. The van der Waals surface area contributed by atoms with Gasteiger partial charge in [-0.1, -0.05) is 158 Å². The van der Waals surface area contributed by atoms with Gasteiger partial charge in [0, 0.05) is 12.1 Å². The van der Waals surface area contributed by atoms with Crippen LogP contribution in [0.5, 0.6) is 0 Å². The molecule has 8 atom stereocenters. The second-order valence-corrected chi connectivity index (χ2v) is 25.7. The highest BCUT2D eigenvalue weighted by molar-refractivity contribution is 5.23. The minimum Gasteiger partial charge on any atom is -0.316 e. The van der Waals surface area contributed by atoms with Gasteiger partial charge in [0.25, 0.3) is 0 Å². The van der Waals surface area contributed by atoms with Crippen molar-refractivity contribution in [3.05, 3.63) is 35.9 Å². The van der Waals surface area contributed by atoms with Gasteiger partial charge in [-0.25, -0.2) is 0 Å². The minimum absolute atomic E-state index is 0.327. The fourth-order valence-corrected chi connectivity index (χ4v) is 12.0. The summed E-state index contributed by atoms with van der Waals surface area (Å²) in [4.78, 5) is 0. The predicted molar refractivity (Wildman–Crippen MR) is 270 cm³/mol. The summed E-state index contributed by atoms with van der Waals surface area (Å²) in [6.45, 7) is 33.5. The van der Waals surface area contributed by atoms with Crippen molar-refractivity contribution >= 4 is 0 Å². The molecule has 1 aromatic rings. The predicted octanol–water partition coefficient (Wildman–Crippen LogP) is 14.5. The van der Waals surface area contributed by atoms with Crippen molar-refractivity contribution < 1.29 is 0 Å². The van der Waals surface area contributed by atoms with Gasteiger partial charge >= 0.3 is 0 Å². The summed E-state index contributed by atoms with van der Waals surface area (Å²) in [7, 11) is 0. The van der Waals surface area contributed by atoms with Crippen LogP contribution in [-0.2, 0) is 5.41 Å². The molecular formula is C57H106N4. The lowest BCUT2D eigenvalue weighted by Crippen LogP contribution is -2.30. The van der Waals surface area contributed by atoms with Crippen molar-refractivity contribution in [1.82, 2.24) is 21.3 Å². The van der Waals surface area contributed by atoms with E-state index in [0.717, 1.165) is 47.6 Å². The second-order valence-electron chi connectivity index (χ2n) is 25.7. The summed E-state index contributed by atoms with van der Waals surface area (Å²) in [5.74, 6) is 5.94. The molecule has 61 heavy (non-hydrogen) atoms. The lowest BCUT2D eigenvalue weighted by molar-refractivity contribution is 0.252. The first-order valence-corrected chi connectivity index (χ1v) is 26.8. The molecule has 4 heteroatoms. The van der Waals surface area contributed by atoms with Crippen LogP contribution in [0.2, 0.25) is 0 Å². The van der Waals surface area contributed by atoms with Crippen LogP contribution in [0, 0.1) is 51.8 Å². The van der Waals surface area contributed by atoms with Crippen molar-refractivity contribution in [2.45, 2.75) is 235 Å². The summed E-state index contributed by atoms with van der Waals surface area (Å²) in [6, 6.07) is 12.7. The topological polar surface area (TPSA) is 48.1 Å². The van der Waals surface area contributed by atoms with Crippen LogP contribution in [-0.4, -0.2) is 51.4 Å². The molecule has 2 aliphatic carbocycles. The molecule has 0 amide bonds. The third kappa shape index (κ3) is 21.3. The van der Waals surface area contributed by atoms with Gasteiger partial charge in [-0.05, 0) is 192 Å². The summed E-state index contributed by atoms with van der Waals surface area (Å²) in [6.07, 6.45) is 31.4. The van der Waals surface area contributed by atoms with E-state index in [0.29, 0.717) is 21.7 Å². The molecule has 0 radical (unpaired) electrons. The van der Waals surface area contributed by atoms with Gasteiger partial charge in [0.2, 0.25) is 0 Å². The van der Waals surface area contributed by atoms with Gasteiger partial charge in [-0.2, -0.15) is 0 Å². The average molecular weight is 848 g/mol. The molecule has 7 rings (SSSR count). The normalized spacial score (nSPS) is 29.0. The highest BCUT2D eigenvalue weighted by Gasteiger charge is 2.37. The van der Waals surface area contributed by atoms with E-state index in [1.54, 1.807) is 0 Å². The number of nitrogens with one attached hydrogen (secondary N) is 4. The third-order valence-corrected chi connectivity index (χ3v) is 16.0. The summed E-state index contributed by atoms with van der Waals surface area (Å²) in [5, 5.41) is 14.4. The lowest BCUT2D eigenvalue weighted by Gasteiger charge is -2.29. The molecule has 354 valence electrons. The maximum Gasteiger partial charge on any atom is 0.00985 e. The molecular weight excluding hydrogens is 741 g/mol. The number of fused-ring (bicyclic) bond motifs is 2. The zero-order chi connectivity index (χ0) is 44.4. The van der Waals surface area contributed by atoms with Crippen LogP contribution in [0.3, 0.4) is 0 Å². The smallest absolute Gasteiger partial charge is 0.00985 e. The first-order valence-electron chi connectivity index (χ1n) is 26.8. The molecule has 8 unspecified atom stereocenters. The van der Waals surface area contributed by atoms with Gasteiger partial charge in [0.15, 0.2) is 0 Å². The Morgan fingerprint density at radius 2 is 0.836 bits per heavy atom. The van der Waals surface area contributed by atoms with E-state index in [1.165, 1.54) is 186 Å². The van der Waals surface area contributed by atoms with Crippen molar-refractivity contribution in [2.75, 3.05) is 39.3 Å². The number of rotatable bonds is 14. The van der Waals surface area contributed by atoms with E-state index < -0.39 is 0 Å². The highest BCUT2D eigenvalue weighted by atomic mass is 15.0. The van der Waals surface area contributed by atoms with Crippen molar-refractivity contribution in [2.24, 2.45) is 51.8 Å². The molecule has 4 nitrogen and oxygen atoms in total. The summed E-state index contributed by atoms with van der Waals surface area (Å²) < 4.78 is 0. The molecule has 4 aliphatic heterocycles. The Bertz CT molecular complexity index is 1210. The second kappa shape index (κ2) is 26.3. The maximum atomic E-state index is 3.76. The Kier molecular flexibility index (Phi) is 22.7. The van der Waals surface area contributed by atoms with Crippen LogP contribution in [0.15, 0.2) is 30.3 Å². The van der Waals surface area contributed by atoms with E-state index in [-0.39, 0.29) is 0 Å². The maximum absolute atomic E-state index is 3.76. The lowest BCUT2D eigenvalue weighted by atomic mass is 9.77. The fourth-order valence-electron chi connectivity index (χ4n) is 12.0. The Morgan fingerprint density at radius 3 is 1.23 bits per heavy atom. The van der Waals surface area contributed by atoms with Crippen LogP contribution in [0.1, 0.15) is 223 Å². The average Bonchev–Trinajstić information content (AvgIpc) is 4.04. The van der Waals surface area contributed by atoms with Gasteiger partial charge in [0.05, 0.1) is 0 Å². The van der Waals surface area contributed by atoms with Gasteiger partial charge in [0.1, 0.15) is 0 Å². The zero-order valence-electron chi connectivity index (χ0n) is 42.8. The quantitative estimate of drug-likeness (QED) is 0.151. The Hall–Kier alpha value is -0.940. The molecule has 4 heterocycles. The van der Waals surface area contributed by atoms with E-state index in [1.807, 2.05) is 0 Å². The first-order chi connectivity index (χ1) is 28.9. The monoisotopic (exact) mass is 847 g/mol. The van der Waals surface area contributed by atoms with Crippen LogP contribution < -0.4 is 21.3 Å².